The first-order chi connectivity index (χ1) is 8.51. The zero-order valence-electron chi connectivity index (χ0n) is 11.7. The predicted molar refractivity (Wildman–Crippen MR) is 69.1 cm³/mol. The summed E-state index contributed by atoms with van der Waals surface area (Å²) in [5.74, 6) is 0.212. The van der Waals surface area contributed by atoms with Crippen LogP contribution in [0.1, 0.15) is 33.6 Å². The highest BCUT2D eigenvalue weighted by Crippen LogP contribution is 2.17. The topological polar surface area (TPSA) is 58.6 Å². The molecule has 1 N–H and O–H groups in total. The van der Waals surface area contributed by atoms with E-state index in [1.807, 2.05) is 20.8 Å². The van der Waals surface area contributed by atoms with Crippen LogP contribution in [-0.4, -0.2) is 49.1 Å². The molecule has 2 unspecified atom stereocenters. The van der Waals surface area contributed by atoms with Crippen LogP contribution in [0, 0.1) is 5.92 Å². The Hall–Kier alpha value is -1.10. The molecule has 1 aliphatic heterocycles. The summed E-state index contributed by atoms with van der Waals surface area (Å²) in [5, 5.41) is 2.76. The van der Waals surface area contributed by atoms with Gasteiger partial charge in [0.15, 0.2) is 0 Å². The van der Waals surface area contributed by atoms with E-state index < -0.39 is 0 Å². The third-order valence-electron chi connectivity index (χ3n) is 3.31. The van der Waals surface area contributed by atoms with Crippen LogP contribution in [0.25, 0.3) is 0 Å². The summed E-state index contributed by atoms with van der Waals surface area (Å²) in [6.07, 6.45) is 1.57. The van der Waals surface area contributed by atoms with Crippen LogP contribution in [0.15, 0.2) is 0 Å². The Morgan fingerprint density at radius 1 is 1.44 bits per heavy atom. The number of rotatable bonds is 6. The Morgan fingerprint density at radius 2 is 2.11 bits per heavy atom. The van der Waals surface area contributed by atoms with E-state index in [1.165, 1.54) is 0 Å². The van der Waals surface area contributed by atoms with Crippen LogP contribution < -0.4 is 5.32 Å². The number of piperazine rings is 1. The lowest BCUT2D eigenvalue weighted by Gasteiger charge is -2.39. The Kier molecular flexibility index (Phi) is 5.59. The van der Waals surface area contributed by atoms with Crippen molar-refractivity contribution in [3.8, 4) is 0 Å². The highest BCUT2D eigenvalue weighted by molar-refractivity contribution is 5.95. The van der Waals surface area contributed by atoms with Gasteiger partial charge < -0.3 is 15.0 Å². The van der Waals surface area contributed by atoms with Gasteiger partial charge in [-0.25, -0.2) is 0 Å². The molecule has 1 saturated heterocycles. The molecule has 1 rings (SSSR count). The molecule has 0 aromatic rings. The average Bonchev–Trinajstić information content (AvgIpc) is 2.30. The molecule has 0 aliphatic carbocycles. The first-order valence-corrected chi connectivity index (χ1v) is 6.60. The predicted octanol–water partition coefficient (Wildman–Crippen LogP) is 0.784. The minimum absolute atomic E-state index is 0.0206. The van der Waals surface area contributed by atoms with Crippen molar-refractivity contribution in [1.29, 1.82) is 0 Å². The van der Waals surface area contributed by atoms with Gasteiger partial charge in [-0.15, -0.1) is 0 Å². The van der Waals surface area contributed by atoms with Gasteiger partial charge in [-0.05, 0) is 12.3 Å². The molecular formula is C13H24N2O3. The summed E-state index contributed by atoms with van der Waals surface area (Å²) in [7, 11) is 1.62. The number of carbonyl (C=O) groups excluding carboxylic acids is 2. The van der Waals surface area contributed by atoms with Gasteiger partial charge in [-0.3, -0.25) is 9.59 Å². The minimum atomic E-state index is -0.366. The molecule has 5 nitrogen and oxygen atoms in total. The highest BCUT2D eigenvalue weighted by atomic mass is 16.5. The second kappa shape index (κ2) is 6.73. The van der Waals surface area contributed by atoms with E-state index in [1.54, 1.807) is 12.0 Å². The van der Waals surface area contributed by atoms with Crippen molar-refractivity contribution in [2.45, 2.75) is 45.7 Å². The van der Waals surface area contributed by atoms with E-state index in [4.69, 9.17) is 4.74 Å². The average molecular weight is 256 g/mol. The summed E-state index contributed by atoms with van der Waals surface area (Å²) in [6.45, 7) is 6.70. The largest absolute Gasteiger partial charge is 0.383 e. The number of hydrogen-bond acceptors (Lipinski definition) is 3. The van der Waals surface area contributed by atoms with Crippen molar-refractivity contribution < 1.29 is 14.3 Å². The first-order valence-electron chi connectivity index (χ1n) is 6.60. The van der Waals surface area contributed by atoms with Gasteiger partial charge in [0.2, 0.25) is 11.8 Å². The summed E-state index contributed by atoms with van der Waals surface area (Å²) in [6, 6.07) is -0.401. The zero-order chi connectivity index (χ0) is 13.7. The summed E-state index contributed by atoms with van der Waals surface area (Å²) >= 11 is 0. The van der Waals surface area contributed by atoms with E-state index in [-0.39, 0.29) is 36.4 Å². The lowest BCUT2D eigenvalue weighted by Crippen LogP contribution is -2.62. The normalized spacial score (nSPS) is 22.3. The molecule has 0 bridgehead atoms. The van der Waals surface area contributed by atoms with Gasteiger partial charge in [0.05, 0.1) is 19.2 Å². The van der Waals surface area contributed by atoms with Gasteiger partial charge in [0.25, 0.3) is 0 Å². The Morgan fingerprint density at radius 3 is 2.61 bits per heavy atom. The zero-order valence-corrected chi connectivity index (χ0v) is 11.7. The molecule has 104 valence electrons. The number of carbonyl (C=O) groups is 2. The first kappa shape index (κ1) is 15.0. The van der Waals surface area contributed by atoms with Gasteiger partial charge >= 0.3 is 0 Å². The summed E-state index contributed by atoms with van der Waals surface area (Å²) in [5.41, 5.74) is 0. The van der Waals surface area contributed by atoms with E-state index in [0.29, 0.717) is 13.0 Å². The monoisotopic (exact) mass is 256 g/mol. The van der Waals surface area contributed by atoms with E-state index in [0.717, 1.165) is 6.42 Å². The Bertz CT molecular complexity index is 305. The molecule has 0 aromatic heterocycles. The van der Waals surface area contributed by atoms with Crippen LogP contribution in [0.2, 0.25) is 0 Å². The number of nitrogens with one attached hydrogen (secondary N) is 1. The van der Waals surface area contributed by atoms with Gasteiger partial charge in [0.1, 0.15) is 6.04 Å². The molecule has 18 heavy (non-hydrogen) atoms. The number of hydrogen-bond donors (Lipinski definition) is 1. The highest BCUT2D eigenvalue weighted by Gasteiger charge is 2.36. The molecule has 0 saturated carbocycles. The minimum Gasteiger partial charge on any atom is -0.383 e. The number of ether oxygens (including phenoxy) is 1. The quantitative estimate of drug-likeness (QED) is 0.764. The smallest absolute Gasteiger partial charge is 0.245 e. The summed E-state index contributed by atoms with van der Waals surface area (Å²) in [4.78, 5) is 25.7. The van der Waals surface area contributed by atoms with Crippen molar-refractivity contribution in [1.82, 2.24) is 10.2 Å². The van der Waals surface area contributed by atoms with Crippen molar-refractivity contribution in [3.63, 3.8) is 0 Å². The fraction of sp³-hybridized carbons (Fsp3) is 0.846. The number of amides is 2. The lowest BCUT2D eigenvalue weighted by atomic mass is 9.99. The van der Waals surface area contributed by atoms with Crippen LogP contribution in [0.3, 0.4) is 0 Å². The molecule has 0 radical (unpaired) electrons. The van der Waals surface area contributed by atoms with Gasteiger partial charge in [0, 0.05) is 7.11 Å². The maximum atomic E-state index is 12.3. The van der Waals surface area contributed by atoms with E-state index in [2.05, 4.69) is 5.32 Å². The third kappa shape index (κ3) is 3.45. The van der Waals surface area contributed by atoms with Crippen LogP contribution in [-0.2, 0) is 14.3 Å². The molecule has 2 amide bonds. The van der Waals surface area contributed by atoms with Gasteiger partial charge in [-0.1, -0.05) is 27.2 Å². The molecule has 5 heteroatoms. The van der Waals surface area contributed by atoms with Crippen molar-refractivity contribution >= 4 is 11.8 Å². The van der Waals surface area contributed by atoms with Crippen LogP contribution >= 0.6 is 0 Å². The molecular weight excluding hydrogens is 232 g/mol. The second-order valence-corrected chi connectivity index (χ2v) is 5.14. The fourth-order valence-electron chi connectivity index (χ4n) is 2.31. The third-order valence-corrected chi connectivity index (χ3v) is 3.31. The molecule has 1 aliphatic rings. The van der Waals surface area contributed by atoms with E-state index >= 15 is 0 Å². The number of methoxy groups -OCH3 is 1. The maximum absolute atomic E-state index is 12.3. The Balaban J connectivity index is 2.83. The van der Waals surface area contributed by atoms with Crippen molar-refractivity contribution in [3.05, 3.63) is 0 Å². The second-order valence-electron chi connectivity index (χ2n) is 5.14. The van der Waals surface area contributed by atoms with Crippen LogP contribution in [0.5, 0.6) is 0 Å². The van der Waals surface area contributed by atoms with Crippen molar-refractivity contribution in [2.24, 2.45) is 5.92 Å². The lowest BCUT2D eigenvalue weighted by molar-refractivity contribution is -0.149. The van der Waals surface area contributed by atoms with Crippen LogP contribution in [0.4, 0.5) is 0 Å². The number of nitrogens with zero attached hydrogens (tertiary/aromatic N) is 1. The molecule has 1 heterocycles. The standard InChI is InChI=1S/C13H24N2O3/c1-5-6-10-13(17)15(7-12(16)14-10)11(8-18-4)9(2)3/h9-11H,5-8H2,1-4H3,(H,14,16). The Labute approximate surface area is 109 Å². The SMILES string of the molecule is CCCC1NC(=O)CN(C(COC)C(C)C)C1=O. The van der Waals surface area contributed by atoms with E-state index in [9.17, 15) is 9.59 Å². The maximum Gasteiger partial charge on any atom is 0.245 e. The molecule has 2 atom stereocenters. The van der Waals surface area contributed by atoms with Gasteiger partial charge in [-0.2, -0.15) is 0 Å². The summed E-state index contributed by atoms with van der Waals surface area (Å²) < 4.78 is 5.17. The molecule has 0 aromatic carbocycles. The molecule has 1 fully saturated rings. The molecule has 0 spiro atoms. The van der Waals surface area contributed by atoms with Crippen molar-refractivity contribution in [2.75, 3.05) is 20.3 Å². The fourth-order valence-corrected chi connectivity index (χ4v) is 2.31.